The molecule has 2 aromatic rings. The average Bonchev–Trinajstić information content (AvgIpc) is 3.21. The normalized spacial score (nSPS) is 19.2. The maximum atomic E-state index is 12.9. The zero-order valence-corrected chi connectivity index (χ0v) is 16.7. The third-order valence-electron chi connectivity index (χ3n) is 5.20. The number of sulfonamides is 1. The molecule has 146 valence electrons. The molecule has 6 nitrogen and oxygen atoms in total. The molecular weight excluding hydrogens is 374 g/mol. The molecular formula is C21H23N3O3S. The van der Waals surface area contributed by atoms with Crippen LogP contribution in [0.25, 0.3) is 0 Å². The molecule has 2 aromatic carbocycles. The quantitative estimate of drug-likeness (QED) is 0.832. The topological polar surface area (TPSA) is 87.6 Å². The Balaban J connectivity index is 1.61. The Morgan fingerprint density at radius 2 is 1.86 bits per heavy atom. The first-order valence-corrected chi connectivity index (χ1v) is 11.0. The van der Waals surface area contributed by atoms with Crippen LogP contribution in [0, 0.1) is 5.92 Å². The van der Waals surface area contributed by atoms with Crippen LogP contribution in [0.1, 0.15) is 37.0 Å². The number of aryl methyl sites for hydroxylation is 2. The first kappa shape index (κ1) is 18.7. The molecule has 0 radical (unpaired) electrons. The summed E-state index contributed by atoms with van der Waals surface area (Å²) in [7, 11) is -3.63. The number of hydrogen-bond donors (Lipinski definition) is 2. The van der Waals surface area contributed by atoms with Gasteiger partial charge in [-0.05, 0) is 60.6 Å². The lowest BCUT2D eigenvalue weighted by Gasteiger charge is -2.18. The van der Waals surface area contributed by atoms with Gasteiger partial charge in [-0.3, -0.25) is 14.5 Å². The third-order valence-corrected chi connectivity index (χ3v) is 6.59. The van der Waals surface area contributed by atoms with Crippen molar-refractivity contribution in [3.05, 3.63) is 59.2 Å². The summed E-state index contributed by atoms with van der Waals surface area (Å²) in [5.41, 5.74) is 3.88. The fourth-order valence-electron chi connectivity index (χ4n) is 3.75. The fourth-order valence-corrected chi connectivity index (χ4v) is 4.98. The molecule has 1 amide bonds. The number of amidine groups is 1. The summed E-state index contributed by atoms with van der Waals surface area (Å²) in [5.74, 6) is -0.123. The van der Waals surface area contributed by atoms with E-state index in [0.29, 0.717) is 5.56 Å². The van der Waals surface area contributed by atoms with E-state index in [-0.39, 0.29) is 22.6 Å². The van der Waals surface area contributed by atoms with Crippen molar-refractivity contribution in [2.24, 2.45) is 10.9 Å². The summed E-state index contributed by atoms with van der Waals surface area (Å²) in [6, 6.07) is 12.0. The highest BCUT2D eigenvalue weighted by molar-refractivity contribution is 7.90. The molecule has 4 rings (SSSR count). The Morgan fingerprint density at radius 1 is 1.11 bits per heavy atom. The number of amides is 1. The highest BCUT2D eigenvalue weighted by Crippen LogP contribution is 2.26. The van der Waals surface area contributed by atoms with E-state index in [1.807, 2.05) is 26.0 Å². The highest BCUT2D eigenvalue weighted by atomic mass is 32.2. The van der Waals surface area contributed by atoms with Gasteiger partial charge in [-0.1, -0.05) is 32.0 Å². The van der Waals surface area contributed by atoms with Crippen molar-refractivity contribution < 1.29 is 13.2 Å². The van der Waals surface area contributed by atoms with Gasteiger partial charge in [0.1, 0.15) is 11.9 Å². The van der Waals surface area contributed by atoms with E-state index in [0.717, 1.165) is 24.9 Å². The molecule has 1 atom stereocenters. The van der Waals surface area contributed by atoms with Gasteiger partial charge in [0.2, 0.25) is 5.91 Å². The molecule has 1 heterocycles. The summed E-state index contributed by atoms with van der Waals surface area (Å²) in [4.78, 5) is 17.6. The number of fused-ring (bicyclic) bond motifs is 2. The van der Waals surface area contributed by atoms with Gasteiger partial charge in [0.25, 0.3) is 10.0 Å². The minimum atomic E-state index is -3.63. The summed E-state index contributed by atoms with van der Waals surface area (Å²) < 4.78 is 27.1. The molecule has 0 saturated carbocycles. The predicted molar refractivity (Wildman–Crippen MR) is 109 cm³/mol. The molecule has 7 heteroatoms. The van der Waals surface area contributed by atoms with Crippen molar-refractivity contribution in [2.75, 3.05) is 5.32 Å². The number of aliphatic imine (C=N–C) groups is 1. The van der Waals surface area contributed by atoms with Crippen LogP contribution in [-0.4, -0.2) is 26.2 Å². The molecule has 1 unspecified atom stereocenters. The summed E-state index contributed by atoms with van der Waals surface area (Å²) >= 11 is 0. The second-order valence-corrected chi connectivity index (χ2v) is 9.25. The second kappa shape index (κ2) is 7.05. The Morgan fingerprint density at radius 3 is 2.64 bits per heavy atom. The van der Waals surface area contributed by atoms with Crippen molar-refractivity contribution in [3.8, 4) is 0 Å². The van der Waals surface area contributed by atoms with E-state index in [1.165, 1.54) is 17.2 Å². The van der Waals surface area contributed by atoms with Crippen LogP contribution < -0.4 is 10.0 Å². The van der Waals surface area contributed by atoms with Crippen molar-refractivity contribution in [1.29, 1.82) is 0 Å². The van der Waals surface area contributed by atoms with E-state index >= 15 is 0 Å². The van der Waals surface area contributed by atoms with Gasteiger partial charge in [-0.15, -0.1) is 0 Å². The standard InChI is InChI=1S/C21H23N3O3S/c1-13(2)19(21(25)22-16-11-10-14-6-5-7-15(14)12-16)23-20-17-8-3-4-9-18(17)28(26,27)24-20/h3-4,8-13,19H,5-7H2,1-2H3,(H,22,25)(H,23,24). The van der Waals surface area contributed by atoms with Crippen molar-refractivity contribution in [1.82, 2.24) is 4.72 Å². The molecule has 2 aliphatic rings. The lowest BCUT2D eigenvalue weighted by Crippen LogP contribution is -2.34. The Bertz CT molecular complexity index is 1070. The maximum Gasteiger partial charge on any atom is 0.263 e. The number of nitrogens with one attached hydrogen (secondary N) is 2. The maximum absolute atomic E-state index is 12.9. The average molecular weight is 398 g/mol. The molecule has 28 heavy (non-hydrogen) atoms. The molecule has 0 spiro atoms. The number of anilines is 1. The van der Waals surface area contributed by atoms with Crippen LogP contribution in [0.3, 0.4) is 0 Å². The minimum absolute atomic E-state index is 0.0980. The number of carbonyl (C=O) groups is 1. The van der Waals surface area contributed by atoms with Crippen molar-refractivity contribution in [2.45, 2.75) is 44.0 Å². The molecule has 0 aromatic heterocycles. The molecule has 0 bridgehead atoms. The van der Waals surface area contributed by atoms with Crippen LogP contribution in [0.2, 0.25) is 0 Å². The molecule has 1 aliphatic carbocycles. The zero-order chi connectivity index (χ0) is 19.9. The highest BCUT2D eigenvalue weighted by Gasteiger charge is 2.32. The number of nitrogens with zero attached hydrogens (tertiary/aromatic N) is 1. The van der Waals surface area contributed by atoms with Gasteiger partial charge in [-0.25, -0.2) is 8.42 Å². The smallest absolute Gasteiger partial charge is 0.263 e. The van der Waals surface area contributed by atoms with Crippen LogP contribution in [0.15, 0.2) is 52.4 Å². The van der Waals surface area contributed by atoms with Gasteiger partial charge in [0, 0.05) is 11.3 Å². The summed E-state index contributed by atoms with van der Waals surface area (Å²) in [5, 5.41) is 2.95. The first-order valence-electron chi connectivity index (χ1n) is 9.48. The second-order valence-electron chi connectivity index (χ2n) is 7.59. The van der Waals surface area contributed by atoms with E-state index in [9.17, 15) is 13.2 Å². The van der Waals surface area contributed by atoms with Crippen molar-refractivity contribution in [3.63, 3.8) is 0 Å². The van der Waals surface area contributed by atoms with Gasteiger partial charge >= 0.3 is 0 Å². The van der Waals surface area contributed by atoms with Gasteiger partial charge in [0.15, 0.2) is 0 Å². The third kappa shape index (κ3) is 3.42. The number of rotatable bonds is 4. The van der Waals surface area contributed by atoms with Crippen LogP contribution in [0.5, 0.6) is 0 Å². The lowest BCUT2D eigenvalue weighted by molar-refractivity contribution is -0.118. The predicted octanol–water partition coefficient (Wildman–Crippen LogP) is 2.88. The molecule has 2 N–H and O–H groups in total. The van der Waals surface area contributed by atoms with Gasteiger partial charge in [0.05, 0.1) is 4.90 Å². The van der Waals surface area contributed by atoms with Gasteiger partial charge < -0.3 is 5.32 Å². The molecule has 0 saturated heterocycles. The SMILES string of the molecule is CC(C)C(N=C1NS(=O)(=O)c2ccccc21)C(=O)Nc1ccc2c(c1)CCC2. The molecule has 0 fully saturated rings. The van der Waals surface area contributed by atoms with E-state index in [4.69, 9.17) is 0 Å². The monoisotopic (exact) mass is 397 g/mol. The van der Waals surface area contributed by atoms with E-state index < -0.39 is 16.1 Å². The summed E-state index contributed by atoms with van der Waals surface area (Å²) in [6.07, 6.45) is 3.27. The van der Waals surface area contributed by atoms with E-state index in [1.54, 1.807) is 18.2 Å². The molecule has 1 aliphatic heterocycles. The fraction of sp³-hybridized carbons (Fsp3) is 0.333. The Labute approximate surface area is 165 Å². The number of benzene rings is 2. The number of hydrogen-bond acceptors (Lipinski definition) is 4. The van der Waals surface area contributed by atoms with Crippen LogP contribution in [-0.2, 0) is 27.7 Å². The Kier molecular flexibility index (Phi) is 4.71. The number of carbonyl (C=O) groups excluding carboxylic acids is 1. The minimum Gasteiger partial charge on any atom is -0.324 e. The first-order chi connectivity index (χ1) is 13.3. The van der Waals surface area contributed by atoms with Crippen LogP contribution >= 0.6 is 0 Å². The van der Waals surface area contributed by atoms with Crippen LogP contribution in [0.4, 0.5) is 5.69 Å². The summed E-state index contributed by atoms with van der Waals surface area (Å²) in [6.45, 7) is 3.79. The largest absolute Gasteiger partial charge is 0.324 e. The lowest BCUT2D eigenvalue weighted by atomic mass is 10.0. The van der Waals surface area contributed by atoms with Crippen molar-refractivity contribution >= 4 is 27.5 Å². The van der Waals surface area contributed by atoms with E-state index in [2.05, 4.69) is 21.1 Å². The van der Waals surface area contributed by atoms with Gasteiger partial charge in [-0.2, -0.15) is 0 Å². The Hall–Kier alpha value is -2.67. The zero-order valence-electron chi connectivity index (χ0n) is 15.9.